The van der Waals surface area contributed by atoms with Gasteiger partial charge in [0.2, 0.25) is 0 Å². The predicted octanol–water partition coefficient (Wildman–Crippen LogP) is 3.66. The van der Waals surface area contributed by atoms with Crippen LogP contribution < -0.4 is 14.9 Å². The summed E-state index contributed by atoms with van der Waals surface area (Å²) in [6.45, 7) is 1.86. The summed E-state index contributed by atoms with van der Waals surface area (Å²) in [5.74, 6) is 1.57. The fraction of sp³-hybridized carbons (Fsp3) is 0.167. The third kappa shape index (κ3) is 4.29. The summed E-state index contributed by atoms with van der Waals surface area (Å²) in [5.41, 5.74) is 6.43. The number of nitrogens with one attached hydrogen (secondary N) is 1. The molecule has 0 aliphatic heterocycles. The molecule has 0 aliphatic carbocycles. The van der Waals surface area contributed by atoms with Crippen molar-refractivity contribution < 1.29 is 14.3 Å². The highest BCUT2D eigenvalue weighted by Crippen LogP contribution is 2.28. The minimum Gasteiger partial charge on any atom is -0.493 e. The molecule has 8 nitrogen and oxygen atoms in total. The minimum absolute atomic E-state index is 0.0507. The third-order valence-electron chi connectivity index (χ3n) is 5.00. The lowest BCUT2D eigenvalue weighted by Gasteiger charge is -2.10. The van der Waals surface area contributed by atoms with Gasteiger partial charge in [-0.25, -0.2) is 10.4 Å². The van der Waals surface area contributed by atoms with Gasteiger partial charge in [0.05, 0.1) is 31.0 Å². The minimum atomic E-state index is -0.273. The van der Waals surface area contributed by atoms with Crippen LogP contribution in [-0.4, -0.2) is 40.4 Å². The van der Waals surface area contributed by atoms with E-state index in [0.717, 1.165) is 16.6 Å². The molecule has 0 spiro atoms. The first-order valence-electron chi connectivity index (χ1n) is 10.0. The van der Waals surface area contributed by atoms with E-state index in [4.69, 9.17) is 9.47 Å². The maximum Gasteiger partial charge on any atom is 0.260 e. The summed E-state index contributed by atoms with van der Waals surface area (Å²) in [6.07, 6.45) is 1.70. The van der Waals surface area contributed by atoms with Crippen molar-refractivity contribution >= 4 is 22.7 Å². The quantitative estimate of drug-likeness (QED) is 0.358. The molecule has 2 aromatic heterocycles. The number of imidazole rings is 1. The number of ether oxygens (including phenoxy) is 2. The summed E-state index contributed by atoms with van der Waals surface area (Å²) in [7, 11) is 3.15. The van der Waals surface area contributed by atoms with Crippen molar-refractivity contribution in [2.45, 2.75) is 13.5 Å². The predicted molar refractivity (Wildman–Crippen MR) is 123 cm³/mol. The van der Waals surface area contributed by atoms with Crippen molar-refractivity contribution in [3.8, 4) is 23.0 Å². The Balaban J connectivity index is 1.57. The van der Waals surface area contributed by atoms with Crippen LogP contribution in [0.25, 0.3) is 22.6 Å². The maximum atomic E-state index is 12.8. The van der Waals surface area contributed by atoms with E-state index in [-0.39, 0.29) is 12.5 Å². The fourth-order valence-corrected chi connectivity index (χ4v) is 3.38. The number of hydrogen-bond donors (Lipinski definition) is 1. The van der Waals surface area contributed by atoms with Gasteiger partial charge in [-0.05, 0) is 49.4 Å². The molecule has 0 saturated heterocycles. The fourth-order valence-electron chi connectivity index (χ4n) is 3.38. The lowest BCUT2D eigenvalue weighted by Crippen LogP contribution is -2.24. The molecule has 4 rings (SSSR count). The van der Waals surface area contributed by atoms with Gasteiger partial charge in [-0.2, -0.15) is 5.10 Å². The number of rotatable bonds is 7. The normalized spacial score (nSPS) is 11.4. The molecule has 2 aromatic carbocycles. The Hall–Kier alpha value is -4.20. The molecular formula is C24H23N5O3. The van der Waals surface area contributed by atoms with Gasteiger partial charge in [0.25, 0.3) is 5.91 Å². The zero-order chi connectivity index (χ0) is 22.5. The number of para-hydroxylation sites is 2. The Morgan fingerprint density at radius 3 is 2.56 bits per heavy atom. The Kier molecular flexibility index (Phi) is 6.12. The van der Waals surface area contributed by atoms with Gasteiger partial charge in [0.15, 0.2) is 17.3 Å². The van der Waals surface area contributed by atoms with Gasteiger partial charge in [0, 0.05) is 11.8 Å². The number of pyridine rings is 1. The van der Waals surface area contributed by atoms with Crippen LogP contribution in [0, 0.1) is 0 Å². The highest BCUT2D eigenvalue weighted by atomic mass is 16.5. The number of aromatic nitrogens is 3. The molecule has 32 heavy (non-hydrogen) atoms. The van der Waals surface area contributed by atoms with Crippen LogP contribution >= 0.6 is 0 Å². The standard InChI is InChI=1S/C24H23N5O3/c1-16(17-11-12-21(31-2)22(14-17)32-3)27-28-23(30)15-29-20-10-5-4-8-18(20)26-24(29)19-9-6-7-13-25-19/h4-14H,15H2,1-3H3,(H,28,30)/b27-16-. The monoisotopic (exact) mass is 429 g/mol. The second-order valence-corrected chi connectivity index (χ2v) is 7.03. The molecular weight excluding hydrogens is 406 g/mol. The van der Waals surface area contributed by atoms with E-state index >= 15 is 0 Å². The molecule has 0 fully saturated rings. The number of carbonyl (C=O) groups is 1. The van der Waals surface area contributed by atoms with Gasteiger partial charge in [0.1, 0.15) is 12.2 Å². The van der Waals surface area contributed by atoms with Gasteiger partial charge >= 0.3 is 0 Å². The van der Waals surface area contributed by atoms with E-state index in [0.29, 0.717) is 28.7 Å². The van der Waals surface area contributed by atoms with Gasteiger partial charge in [-0.1, -0.05) is 18.2 Å². The molecule has 0 bridgehead atoms. The SMILES string of the molecule is COc1ccc(/C(C)=N\NC(=O)Cn2c(-c3ccccn3)nc3ccccc32)cc1OC. The number of benzene rings is 2. The first-order valence-corrected chi connectivity index (χ1v) is 10.0. The zero-order valence-electron chi connectivity index (χ0n) is 18.1. The van der Waals surface area contributed by atoms with Crippen LogP contribution in [0.15, 0.2) is 72.0 Å². The number of fused-ring (bicyclic) bond motifs is 1. The Bertz CT molecular complexity index is 1280. The van der Waals surface area contributed by atoms with E-state index in [2.05, 4.69) is 20.5 Å². The van der Waals surface area contributed by atoms with Crippen LogP contribution in [0.4, 0.5) is 0 Å². The van der Waals surface area contributed by atoms with Crippen molar-refractivity contribution in [3.63, 3.8) is 0 Å². The molecule has 0 saturated carbocycles. The molecule has 4 aromatic rings. The summed E-state index contributed by atoms with van der Waals surface area (Å²) in [5, 5.41) is 4.26. The first-order chi connectivity index (χ1) is 15.6. The van der Waals surface area contributed by atoms with Crippen molar-refractivity contribution in [1.82, 2.24) is 20.0 Å². The highest BCUT2D eigenvalue weighted by molar-refractivity contribution is 5.99. The summed E-state index contributed by atoms with van der Waals surface area (Å²) in [6, 6.07) is 18.7. The number of nitrogens with zero attached hydrogens (tertiary/aromatic N) is 4. The van der Waals surface area contributed by atoms with Gasteiger partial charge in [-0.3, -0.25) is 9.78 Å². The lowest BCUT2D eigenvalue weighted by atomic mass is 10.1. The zero-order valence-corrected chi connectivity index (χ0v) is 18.1. The Morgan fingerprint density at radius 2 is 1.81 bits per heavy atom. The average molecular weight is 429 g/mol. The molecule has 1 N–H and O–H groups in total. The van der Waals surface area contributed by atoms with E-state index in [1.165, 1.54) is 0 Å². The first kappa shape index (κ1) is 21.0. The molecule has 162 valence electrons. The van der Waals surface area contributed by atoms with Gasteiger partial charge < -0.3 is 14.0 Å². The molecule has 0 atom stereocenters. The van der Waals surface area contributed by atoms with Crippen LogP contribution in [-0.2, 0) is 11.3 Å². The highest BCUT2D eigenvalue weighted by Gasteiger charge is 2.16. The molecule has 0 aliphatic rings. The number of hydrogen-bond acceptors (Lipinski definition) is 6. The van der Waals surface area contributed by atoms with Crippen molar-refractivity contribution in [2.24, 2.45) is 5.10 Å². The smallest absolute Gasteiger partial charge is 0.260 e. The van der Waals surface area contributed by atoms with Crippen LogP contribution in [0.5, 0.6) is 11.5 Å². The topological polar surface area (TPSA) is 90.6 Å². The number of amides is 1. The lowest BCUT2D eigenvalue weighted by molar-refractivity contribution is -0.121. The van der Waals surface area contributed by atoms with E-state index in [1.54, 1.807) is 26.5 Å². The number of methoxy groups -OCH3 is 2. The van der Waals surface area contributed by atoms with Crippen molar-refractivity contribution in [1.29, 1.82) is 0 Å². The average Bonchev–Trinajstić information content (AvgIpc) is 3.20. The second-order valence-electron chi connectivity index (χ2n) is 7.03. The molecule has 8 heteroatoms. The Labute approximate surface area is 185 Å². The molecule has 2 heterocycles. The summed E-state index contributed by atoms with van der Waals surface area (Å²) >= 11 is 0. The van der Waals surface area contributed by atoms with Crippen LogP contribution in [0.3, 0.4) is 0 Å². The largest absolute Gasteiger partial charge is 0.493 e. The summed E-state index contributed by atoms with van der Waals surface area (Å²) in [4.78, 5) is 21.8. The number of carbonyl (C=O) groups excluding carboxylic acids is 1. The van der Waals surface area contributed by atoms with Crippen molar-refractivity contribution in [2.75, 3.05) is 14.2 Å². The van der Waals surface area contributed by atoms with E-state index < -0.39 is 0 Å². The van der Waals surface area contributed by atoms with Crippen LogP contribution in [0.1, 0.15) is 12.5 Å². The van der Waals surface area contributed by atoms with E-state index in [9.17, 15) is 4.79 Å². The summed E-state index contributed by atoms with van der Waals surface area (Å²) < 4.78 is 12.4. The van der Waals surface area contributed by atoms with Crippen molar-refractivity contribution in [3.05, 3.63) is 72.4 Å². The van der Waals surface area contributed by atoms with E-state index in [1.807, 2.05) is 66.1 Å². The molecule has 0 radical (unpaired) electrons. The van der Waals surface area contributed by atoms with Crippen LogP contribution in [0.2, 0.25) is 0 Å². The Morgan fingerprint density at radius 1 is 1.03 bits per heavy atom. The maximum absolute atomic E-state index is 12.8. The second kappa shape index (κ2) is 9.30. The third-order valence-corrected chi connectivity index (χ3v) is 5.00. The molecule has 1 amide bonds. The molecule has 0 unspecified atom stereocenters. The number of hydrazone groups is 1. The van der Waals surface area contributed by atoms with Gasteiger partial charge in [-0.15, -0.1) is 0 Å².